The zero-order chi connectivity index (χ0) is 6.58. The van der Waals surface area contributed by atoms with Gasteiger partial charge in [-0.1, -0.05) is 0 Å². The maximum Gasteiger partial charge on any atom is 0.260 e. The quantitative estimate of drug-likeness (QED) is 0.337. The zero-order valence-corrected chi connectivity index (χ0v) is 5.53. The summed E-state index contributed by atoms with van der Waals surface area (Å²) in [6.45, 7) is 3.09. The standard InChI is InChI=1S/C4H8O3S/c1-3(2)4(5,6)8(3)7/h5-6H,1-2H3. The highest BCUT2D eigenvalue weighted by Gasteiger charge is 2.70. The summed E-state index contributed by atoms with van der Waals surface area (Å²) in [4.78, 5) is 0. The molecule has 1 fully saturated rings. The van der Waals surface area contributed by atoms with Gasteiger partial charge in [0.25, 0.3) is 5.12 Å². The Hall–Kier alpha value is 0.0700. The van der Waals surface area contributed by atoms with Crippen molar-refractivity contribution >= 4 is 10.8 Å². The Morgan fingerprint density at radius 3 is 1.50 bits per heavy atom. The lowest BCUT2D eigenvalue weighted by atomic mass is 10.2. The minimum Gasteiger partial charge on any atom is -0.354 e. The fourth-order valence-corrected chi connectivity index (χ4v) is 1.51. The Morgan fingerprint density at radius 1 is 1.38 bits per heavy atom. The van der Waals surface area contributed by atoms with Gasteiger partial charge >= 0.3 is 0 Å². The maximum atomic E-state index is 10.5. The van der Waals surface area contributed by atoms with Gasteiger partial charge in [0, 0.05) is 0 Å². The molecule has 4 heteroatoms. The van der Waals surface area contributed by atoms with E-state index in [-0.39, 0.29) is 0 Å². The van der Waals surface area contributed by atoms with E-state index in [9.17, 15) is 4.21 Å². The lowest BCUT2D eigenvalue weighted by Gasteiger charge is -1.96. The predicted molar refractivity (Wildman–Crippen MR) is 29.4 cm³/mol. The zero-order valence-electron chi connectivity index (χ0n) is 4.71. The van der Waals surface area contributed by atoms with Gasteiger partial charge in [0.1, 0.15) is 4.75 Å². The van der Waals surface area contributed by atoms with E-state index in [1.165, 1.54) is 0 Å². The molecule has 8 heavy (non-hydrogen) atoms. The number of hydrogen-bond donors (Lipinski definition) is 2. The highest BCUT2D eigenvalue weighted by molar-refractivity contribution is 7.95. The van der Waals surface area contributed by atoms with Crippen LogP contribution in [0.25, 0.3) is 0 Å². The first-order valence-corrected chi connectivity index (χ1v) is 3.42. The molecule has 1 atom stereocenters. The molecule has 0 bridgehead atoms. The minimum absolute atomic E-state index is 0.812. The van der Waals surface area contributed by atoms with E-state index in [2.05, 4.69) is 0 Å². The molecule has 0 spiro atoms. The Balaban J connectivity index is 2.88. The summed E-state index contributed by atoms with van der Waals surface area (Å²) in [5.41, 5.74) is 0. The molecule has 0 saturated carbocycles. The van der Waals surface area contributed by atoms with Crippen molar-refractivity contribution in [2.75, 3.05) is 0 Å². The van der Waals surface area contributed by atoms with Gasteiger partial charge in [-0.2, -0.15) is 0 Å². The van der Waals surface area contributed by atoms with Crippen molar-refractivity contribution < 1.29 is 14.4 Å². The highest BCUT2D eigenvalue weighted by atomic mass is 32.2. The van der Waals surface area contributed by atoms with Crippen LogP contribution in [0.15, 0.2) is 0 Å². The van der Waals surface area contributed by atoms with Crippen LogP contribution in [0, 0.1) is 0 Å². The largest absolute Gasteiger partial charge is 0.354 e. The molecule has 0 amide bonds. The smallest absolute Gasteiger partial charge is 0.260 e. The fourth-order valence-electron chi connectivity index (χ4n) is 0.468. The molecule has 48 valence electrons. The fraction of sp³-hybridized carbons (Fsp3) is 1.00. The van der Waals surface area contributed by atoms with Gasteiger partial charge in [0.15, 0.2) is 0 Å². The van der Waals surface area contributed by atoms with E-state index in [1.54, 1.807) is 13.8 Å². The van der Waals surface area contributed by atoms with E-state index >= 15 is 0 Å². The molecule has 0 aromatic rings. The molecule has 0 aliphatic carbocycles. The van der Waals surface area contributed by atoms with Crippen LogP contribution >= 0.6 is 0 Å². The molecule has 1 heterocycles. The average molecular weight is 136 g/mol. The summed E-state index contributed by atoms with van der Waals surface area (Å²) < 4.78 is 9.66. The van der Waals surface area contributed by atoms with Crippen molar-refractivity contribution in [1.29, 1.82) is 0 Å². The van der Waals surface area contributed by atoms with Gasteiger partial charge in [-0.05, 0) is 13.8 Å². The van der Waals surface area contributed by atoms with Crippen molar-refractivity contribution in [1.82, 2.24) is 0 Å². The number of rotatable bonds is 0. The normalized spacial score (nSPS) is 39.2. The molecular formula is C4H8O3S. The summed E-state index contributed by atoms with van der Waals surface area (Å²) in [5, 5.41) is 15.4. The topological polar surface area (TPSA) is 57.5 Å². The third-order valence-electron chi connectivity index (χ3n) is 1.46. The van der Waals surface area contributed by atoms with Gasteiger partial charge in [-0.25, -0.2) is 0 Å². The molecule has 1 aliphatic rings. The SMILES string of the molecule is CC1(C)S(=O)C1(O)O. The van der Waals surface area contributed by atoms with E-state index in [0.717, 1.165) is 0 Å². The number of hydrogen-bond acceptors (Lipinski definition) is 3. The molecule has 3 nitrogen and oxygen atoms in total. The second-order valence-electron chi connectivity index (χ2n) is 2.39. The molecule has 0 radical (unpaired) electrons. The van der Waals surface area contributed by atoms with Crippen molar-refractivity contribution in [2.24, 2.45) is 0 Å². The van der Waals surface area contributed by atoms with Gasteiger partial charge in [-0.3, -0.25) is 4.21 Å². The second-order valence-corrected chi connectivity index (χ2v) is 4.51. The lowest BCUT2D eigenvalue weighted by molar-refractivity contribution is -0.0614. The summed E-state index contributed by atoms with van der Waals surface area (Å²) in [6.07, 6.45) is 0. The van der Waals surface area contributed by atoms with Crippen LogP contribution in [0.5, 0.6) is 0 Å². The lowest BCUT2D eigenvalue weighted by Crippen LogP contribution is -2.18. The Kier molecular flexibility index (Phi) is 0.888. The first-order valence-electron chi connectivity index (χ1n) is 2.27. The van der Waals surface area contributed by atoms with Gasteiger partial charge < -0.3 is 10.2 Å². The predicted octanol–water partition coefficient (Wildman–Crippen LogP) is -0.834. The number of aliphatic hydroxyl groups is 2. The molecule has 1 unspecified atom stereocenters. The monoisotopic (exact) mass is 136 g/mol. The van der Waals surface area contributed by atoms with E-state index in [4.69, 9.17) is 10.2 Å². The molecule has 0 aromatic carbocycles. The molecule has 1 aliphatic heterocycles. The van der Waals surface area contributed by atoms with Gasteiger partial charge in [0.2, 0.25) is 0 Å². The van der Waals surface area contributed by atoms with Crippen LogP contribution < -0.4 is 0 Å². The third-order valence-corrected chi connectivity index (χ3v) is 3.50. The highest BCUT2D eigenvalue weighted by Crippen LogP contribution is 2.47. The van der Waals surface area contributed by atoms with Crippen LogP contribution in [0.2, 0.25) is 0 Å². The molecule has 0 aromatic heterocycles. The van der Waals surface area contributed by atoms with Crippen LogP contribution in [-0.2, 0) is 10.8 Å². The molecular weight excluding hydrogens is 128 g/mol. The first kappa shape index (κ1) is 6.19. The first-order chi connectivity index (χ1) is 3.40. The van der Waals surface area contributed by atoms with Crippen molar-refractivity contribution in [3.63, 3.8) is 0 Å². The summed E-state index contributed by atoms with van der Waals surface area (Å²) >= 11 is 0. The van der Waals surface area contributed by atoms with Crippen molar-refractivity contribution in [3.8, 4) is 0 Å². The van der Waals surface area contributed by atoms with E-state index in [1.807, 2.05) is 0 Å². The summed E-state index contributed by atoms with van der Waals surface area (Å²) in [6, 6.07) is 0. The Morgan fingerprint density at radius 2 is 1.50 bits per heavy atom. The van der Waals surface area contributed by atoms with Gasteiger partial charge in [-0.15, -0.1) is 0 Å². The van der Waals surface area contributed by atoms with E-state index < -0.39 is 20.7 Å². The van der Waals surface area contributed by atoms with E-state index in [0.29, 0.717) is 0 Å². The third kappa shape index (κ3) is 0.429. The summed E-state index contributed by atoms with van der Waals surface area (Å²) in [7, 11) is -1.47. The second kappa shape index (κ2) is 1.15. The molecule has 1 saturated heterocycles. The minimum atomic E-state index is -1.92. The van der Waals surface area contributed by atoms with Gasteiger partial charge in [0.05, 0.1) is 10.8 Å². The molecule has 2 N–H and O–H groups in total. The maximum absolute atomic E-state index is 10.5. The molecule has 1 rings (SSSR count). The average Bonchev–Trinajstić information content (AvgIpc) is 1.88. The Bertz CT molecular complexity index is 133. The van der Waals surface area contributed by atoms with Crippen molar-refractivity contribution in [2.45, 2.75) is 23.7 Å². The van der Waals surface area contributed by atoms with Crippen LogP contribution in [0.4, 0.5) is 0 Å². The van der Waals surface area contributed by atoms with Crippen LogP contribution in [0.3, 0.4) is 0 Å². The Labute approximate surface area is 49.8 Å². The summed E-state index contributed by atoms with van der Waals surface area (Å²) in [5.74, 6) is 0. The van der Waals surface area contributed by atoms with Crippen LogP contribution in [0.1, 0.15) is 13.8 Å². The van der Waals surface area contributed by atoms with Crippen molar-refractivity contribution in [3.05, 3.63) is 0 Å². The van der Waals surface area contributed by atoms with Crippen LogP contribution in [-0.4, -0.2) is 24.3 Å².